The molecule has 2 N–H and O–H groups in total. The molecule has 5 heteroatoms. The molecular weight excluding hydrogens is 329 g/mol. The summed E-state index contributed by atoms with van der Waals surface area (Å²) in [6.45, 7) is 3.65. The smallest absolute Gasteiger partial charge is 0.259 e. The van der Waals surface area contributed by atoms with Crippen molar-refractivity contribution >= 4 is 34.2 Å². The molecule has 1 heterocycles. The van der Waals surface area contributed by atoms with Crippen molar-refractivity contribution in [1.29, 1.82) is 0 Å². The highest BCUT2D eigenvalue weighted by atomic mass is 127. The number of aromatic amines is 1. The summed E-state index contributed by atoms with van der Waals surface area (Å²) in [6.07, 6.45) is 0. The summed E-state index contributed by atoms with van der Waals surface area (Å²) in [4.78, 5) is 12.0. The van der Waals surface area contributed by atoms with Gasteiger partial charge in [-0.15, -0.1) is 0 Å². The van der Waals surface area contributed by atoms with E-state index in [4.69, 9.17) is 0 Å². The molecule has 0 fully saturated rings. The van der Waals surface area contributed by atoms with E-state index >= 15 is 0 Å². The van der Waals surface area contributed by atoms with Crippen LogP contribution < -0.4 is 5.32 Å². The molecule has 0 radical (unpaired) electrons. The van der Waals surface area contributed by atoms with Gasteiger partial charge in [-0.3, -0.25) is 9.89 Å². The van der Waals surface area contributed by atoms with Gasteiger partial charge in [-0.2, -0.15) is 5.10 Å². The second-order valence-electron chi connectivity index (χ2n) is 3.77. The van der Waals surface area contributed by atoms with E-state index in [2.05, 4.69) is 38.1 Å². The number of nitrogens with one attached hydrogen (secondary N) is 2. The molecule has 0 saturated heterocycles. The third kappa shape index (κ3) is 2.66. The van der Waals surface area contributed by atoms with Crippen LogP contribution in [0.3, 0.4) is 0 Å². The minimum absolute atomic E-state index is 0.130. The number of benzene rings is 1. The Hall–Kier alpha value is -1.37. The Morgan fingerprint density at radius 1 is 1.29 bits per heavy atom. The average molecular weight is 341 g/mol. The molecule has 0 aliphatic carbocycles. The van der Waals surface area contributed by atoms with E-state index in [1.54, 1.807) is 0 Å². The zero-order valence-corrected chi connectivity index (χ0v) is 11.7. The van der Waals surface area contributed by atoms with Crippen molar-refractivity contribution in [2.24, 2.45) is 0 Å². The standard InChI is InChI=1S/C12H12IN3O/c1-7-11(8(2)16-15-7)12(17)14-10-5-3-9(13)4-6-10/h3-6H,1-2H3,(H,14,17)(H,15,16). The van der Waals surface area contributed by atoms with E-state index in [1.807, 2.05) is 38.1 Å². The lowest BCUT2D eigenvalue weighted by Crippen LogP contribution is -2.13. The zero-order chi connectivity index (χ0) is 12.4. The Kier molecular flexibility index (Phi) is 3.46. The van der Waals surface area contributed by atoms with Crippen molar-refractivity contribution in [2.75, 3.05) is 5.32 Å². The van der Waals surface area contributed by atoms with Gasteiger partial charge in [0.05, 0.1) is 11.3 Å². The van der Waals surface area contributed by atoms with Crippen LogP contribution in [-0.4, -0.2) is 16.1 Å². The number of H-pyrrole nitrogens is 1. The number of halogens is 1. The van der Waals surface area contributed by atoms with Crippen LogP contribution in [0, 0.1) is 17.4 Å². The van der Waals surface area contributed by atoms with Crippen LogP contribution in [-0.2, 0) is 0 Å². The minimum atomic E-state index is -0.130. The van der Waals surface area contributed by atoms with Gasteiger partial charge in [0.1, 0.15) is 0 Å². The summed E-state index contributed by atoms with van der Waals surface area (Å²) in [5.74, 6) is -0.130. The fraction of sp³-hybridized carbons (Fsp3) is 0.167. The Morgan fingerprint density at radius 2 is 1.94 bits per heavy atom. The van der Waals surface area contributed by atoms with Gasteiger partial charge in [0.2, 0.25) is 0 Å². The second-order valence-corrected chi connectivity index (χ2v) is 5.02. The van der Waals surface area contributed by atoms with Crippen LogP contribution in [0.1, 0.15) is 21.7 Å². The summed E-state index contributed by atoms with van der Waals surface area (Å²) >= 11 is 2.22. The number of amides is 1. The first-order chi connectivity index (χ1) is 8.08. The van der Waals surface area contributed by atoms with Gasteiger partial charge >= 0.3 is 0 Å². The number of hydrogen-bond donors (Lipinski definition) is 2. The van der Waals surface area contributed by atoms with Crippen molar-refractivity contribution in [3.63, 3.8) is 0 Å². The minimum Gasteiger partial charge on any atom is -0.322 e. The fourth-order valence-corrected chi connectivity index (χ4v) is 1.97. The number of rotatable bonds is 2. The number of aromatic nitrogens is 2. The highest BCUT2D eigenvalue weighted by Gasteiger charge is 2.14. The molecule has 0 saturated carbocycles. The van der Waals surface area contributed by atoms with Crippen molar-refractivity contribution in [3.8, 4) is 0 Å². The fourth-order valence-electron chi connectivity index (χ4n) is 1.61. The summed E-state index contributed by atoms with van der Waals surface area (Å²) in [7, 11) is 0. The van der Waals surface area contributed by atoms with Gasteiger partial charge in [-0.05, 0) is 60.7 Å². The van der Waals surface area contributed by atoms with E-state index in [0.29, 0.717) is 11.3 Å². The molecule has 17 heavy (non-hydrogen) atoms. The van der Waals surface area contributed by atoms with E-state index in [1.165, 1.54) is 0 Å². The third-order valence-electron chi connectivity index (χ3n) is 2.46. The third-order valence-corrected chi connectivity index (χ3v) is 3.18. The predicted octanol–water partition coefficient (Wildman–Crippen LogP) is 2.88. The first-order valence-electron chi connectivity index (χ1n) is 5.16. The largest absolute Gasteiger partial charge is 0.322 e. The molecular formula is C12H12IN3O. The van der Waals surface area contributed by atoms with Gasteiger partial charge in [0, 0.05) is 15.0 Å². The van der Waals surface area contributed by atoms with Gasteiger partial charge in [-0.25, -0.2) is 0 Å². The first kappa shape index (κ1) is 12.1. The number of nitrogens with zero attached hydrogens (tertiary/aromatic N) is 1. The summed E-state index contributed by atoms with van der Waals surface area (Å²) in [6, 6.07) is 7.66. The molecule has 1 aromatic carbocycles. The number of carbonyl (C=O) groups excluding carboxylic acids is 1. The van der Waals surface area contributed by atoms with E-state index < -0.39 is 0 Å². The van der Waals surface area contributed by atoms with Gasteiger partial charge in [0.15, 0.2) is 0 Å². The quantitative estimate of drug-likeness (QED) is 0.826. The summed E-state index contributed by atoms with van der Waals surface area (Å²) < 4.78 is 1.14. The van der Waals surface area contributed by atoms with Crippen LogP contribution >= 0.6 is 22.6 Å². The maximum atomic E-state index is 12.0. The van der Waals surface area contributed by atoms with Crippen LogP contribution in [0.25, 0.3) is 0 Å². The highest BCUT2D eigenvalue weighted by molar-refractivity contribution is 14.1. The average Bonchev–Trinajstić information content (AvgIpc) is 2.62. The van der Waals surface area contributed by atoms with Crippen LogP contribution in [0.4, 0.5) is 5.69 Å². The van der Waals surface area contributed by atoms with E-state index in [0.717, 1.165) is 15.0 Å². The second kappa shape index (κ2) is 4.87. The van der Waals surface area contributed by atoms with E-state index in [9.17, 15) is 4.79 Å². The number of aryl methyl sites for hydroxylation is 2. The van der Waals surface area contributed by atoms with Crippen molar-refractivity contribution in [2.45, 2.75) is 13.8 Å². The molecule has 1 aromatic heterocycles. The lowest BCUT2D eigenvalue weighted by Gasteiger charge is -2.05. The molecule has 2 aromatic rings. The van der Waals surface area contributed by atoms with Crippen molar-refractivity contribution in [3.05, 3.63) is 44.8 Å². The number of hydrogen-bond acceptors (Lipinski definition) is 2. The van der Waals surface area contributed by atoms with Crippen molar-refractivity contribution in [1.82, 2.24) is 10.2 Å². The van der Waals surface area contributed by atoms with Gasteiger partial charge in [0.25, 0.3) is 5.91 Å². The van der Waals surface area contributed by atoms with Crippen molar-refractivity contribution < 1.29 is 4.79 Å². The molecule has 4 nitrogen and oxygen atoms in total. The number of anilines is 1. The molecule has 88 valence electrons. The Balaban J connectivity index is 2.20. The molecule has 0 aliphatic heterocycles. The Labute approximate surface area is 113 Å². The SMILES string of the molecule is Cc1n[nH]c(C)c1C(=O)Nc1ccc(I)cc1. The summed E-state index contributed by atoms with van der Waals surface area (Å²) in [5.41, 5.74) is 2.90. The molecule has 0 bridgehead atoms. The topological polar surface area (TPSA) is 57.8 Å². The highest BCUT2D eigenvalue weighted by Crippen LogP contribution is 2.15. The molecule has 0 unspecified atom stereocenters. The first-order valence-corrected chi connectivity index (χ1v) is 6.24. The molecule has 0 spiro atoms. The molecule has 2 rings (SSSR count). The lowest BCUT2D eigenvalue weighted by atomic mass is 10.2. The van der Waals surface area contributed by atoms with Gasteiger partial charge in [-0.1, -0.05) is 0 Å². The van der Waals surface area contributed by atoms with Crippen LogP contribution in [0.2, 0.25) is 0 Å². The monoisotopic (exact) mass is 341 g/mol. The summed E-state index contributed by atoms with van der Waals surface area (Å²) in [5, 5.41) is 9.66. The molecule has 0 aliphatic rings. The van der Waals surface area contributed by atoms with Crippen LogP contribution in [0.15, 0.2) is 24.3 Å². The van der Waals surface area contributed by atoms with Gasteiger partial charge < -0.3 is 5.32 Å². The Bertz CT molecular complexity index is 526. The molecule has 1 amide bonds. The predicted molar refractivity (Wildman–Crippen MR) is 75.2 cm³/mol. The Morgan fingerprint density at radius 3 is 2.47 bits per heavy atom. The normalized spacial score (nSPS) is 10.3. The lowest BCUT2D eigenvalue weighted by molar-refractivity contribution is 0.102. The number of carbonyl (C=O) groups is 1. The maximum Gasteiger partial charge on any atom is 0.259 e. The zero-order valence-electron chi connectivity index (χ0n) is 9.54. The van der Waals surface area contributed by atoms with Crippen LogP contribution in [0.5, 0.6) is 0 Å². The van der Waals surface area contributed by atoms with E-state index in [-0.39, 0.29) is 5.91 Å². The molecule has 0 atom stereocenters. The maximum absolute atomic E-state index is 12.0.